The fourth-order valence-electron chi connectivity index (χ4n) is 1.64. The third-order valence-electron chi connectivity index (χ3n) is 2.56. The summed E-state index contributed by atoms with van der Waals surface area (Å²) in [5, 5.41) is 19.7. The molecule has 0 saturated heterocycles. The van der Waals surface area contributed by atoms with Crippen LogP contribution in [0.15, 0.2) is 18.2 Å². The highest BCUT2D eigenvalue weighted by Crippen LogP contribution is 2.29. The van der Waals surface area contributed by atoms with E-state index < -0.39 is 24.0 Å². The molecule has 0 aliphatic heterocycles. The molecule has 5 nitrogen and oxygen atoms in total. The van der Waals surface area contributed by atoms with E-state index in [1.807, 2.05) is 0 Å². The zero-order chi connectivity index (χ0) is 14.4. The van der Waals surface area contributed by atoms with Crippen LogP contribution in [-0.2, 0) is 9.53 Å². The lowest BCUT2D eigenvalue weighted by molar-refractivity contribution is -0.147. The van der Waals surface area contributed by atoms with Crippen LogP contribution in [0.4, 0.5) is 4.39 Å². The molecular formula is C13H17FO5. The summed E-state index contributed by atoms with van der Waals surface area (Å²) in [5.74, 6) is -1.03. The Morgan fingerprint density at radius 1 is 1.42 bits per heavy atom. The van der Waals surface area contributed by atoms with Gasteiger partial charge in [-0.05, 0) is 19.1 Å². The summed E-state index contributed by atoms with van der Waals surface area (Å²) < 4.78 is 22.6. The van der Waals surface area contributed by atoms with Crippen molar-refractivity contribution >= 4 is 5.97 Å². The van der Waals surface area contributed by atoms with E-state index in [2.05, 4.69) is 4.74 Å². The summed E-state index contributed by atoms with van der Waals surface area (Å²) in [6, 6.07) is 3.53. The molecule has 0 aliphatic carbocycles. The van der Waals surface area contributed by atoms with E-state index in [9.17, 15) is 19.4 Å². The van der Waals surface area contributed by atoms with Crippen LogP contribution in [0.1, 0.15) is 25.0 Å². The number of carbonyl (C=O) groups excluding carboxylic acids is 1. The Labute approximate surface area is 110 Å². The van der Waals surface area contributed by atoms with Crippen molar-refractivity contribution in [1.82, 2.24) is 0 Å². The van der Waals surface area contributed by atoms with Gasteiger partial charge in [-0.3, -0.25) is 4.79 Å². The minimum atomic E-state index is -1.36. The van der Waals surface area contributed by atoms with Crippen LogP contribution >= 0.6 is 0 Å². The summed E-state index contributed by atoms with van der Waals surface area (Å²) in [5.41, 5.74) is 0.209. The molecule has 2 atom stereocenters. The van der Waals surface area contributed by atoms with Gasteiger partial charge in [0.25, 0.3) is 0 Å². The standard InChI is InChI=1S/C13H17FO5/c1-3-19-12(16)7-10(15)13(17)9-5-4-8(14)6-11(9)18-2/h4-6,10,13,15,17H,3,7H2,1-2H3. The minimum absolute atomic E-state index is 0.107. The van der Waals surface area contributed by atoms with Crippen molar-refractivity contribution in [2.24, 2.45) is 0 Å². The summed E-state index contributed by atoms with van der Waals surface area (Å²) in [4.78, 5) is 11.2. The number of hydrogen-bond acceptors (Lipinski definition) is 5. The fraction of sp³-hybridized carbons (Fsp3) is 0.462. The van der Waals surface area contributed by atoms with E-state index in [4.69, 9.17) is 4.74 Å². The third kappa shape index (κ3) is 4.18. The molecular weight excluding hydrogens is 255 g/mol. The van der Waals surface area contributed by atoms with E-state index in [-0.39, 0.29) is 24.3 Å². The van der Waals surface area contributed by atoms with Crippen LogP contribution in [0, 0.1) is 5.82 Å². The topological polar surface area (TPSA) is 76.0 Å². The number of halogens is 1. The number of carbonyl (C=O) groups is 1. The lowest BCUT2D eigenvalue weighted by atomic mass is 10.0. The van der Waals surface area contributed by atoms with Crippen LogP contribution < -0.4 is 4.74 Å². The molecule has 2 unspecified atom stereocenters. The molecule has 0 aliphatic rings. The summed E-state index contributed by atoms with van der Waals surface area (Å²) >= 11 is 0. The second-order valence-electron chi connectivity index (χ2n) is 3.91. The smallest absolute Gasteiger partial charge is 0.308 e. The molecule has 0 radical (unpaired) electrons. The molecule has 0 spiro atoms. The third-order valence-corrected chi connectivity index (χ3v) is 2.56. The Morgan fingerprint density at radius 2 is 2.11 bits per heavy atom. The van der Waals surface area contributed by atoms with Crippen molar-refractivity contribution < 1.29 is 28.9 Å². The van der Waals surface area contributed by atoms with Gasteiger partial charge in [0.15, 0.2) is 0 Å². The molecule has 0 saturated carbocycles. The van der Waals surface area contributed by atoms with Gasteiger partial charge in [0.1, 0.15) is 17.7 Å². The monoisotopic (exact) mass is 272 g/mol. The predicted octanol–water partition coefficient (Wildman–Crippen LogP) is 1.18. The second-order valence-corrected chi connectivity index (χ2v) is 3.91. The number of esters is 1. The van der Waals surface area contributed by atoms with Gasteiger partial charge in [0, 0.05) is 11.6 Å². The average molecular weight is 272 g/mol. The Balaban J connectivity index is 2.81. The number of methoxy groups -OCH3 is 1. The molecule has 1 aromatic carbocycles. The number of rotatable bonds is 6. The van der Waals surface area contributed by atoms with Gasteiger partial charge in [-0.15, -0.1) is 0 Å². The highest BCUT2D eigenvalue weighted by atomic mass is 19.1. The van der Waals surface area contributed by atoms with Gasteiger partial charge in [-0.1, -0.05) is 0 Å². The summed E-state index contributed by atoms with van der Waals surface area (Å²) in [6.07, 6.45) is -3.06. The first-order chi connectivity index (χ1) is 8.99. The number of aliphatic hydroxyl groups is 2. The lowest BCUT2D eigenvalue weighted by Gasteiger charge is -2.19. The van der Waals surface area contributed by atoms with Gasteiger partial charge in [0.05, 0.1) is 26.2 Å². The first-order valence-electron chi connectivity index (χ1n) is 5.84. The van der Waals surface area contributed by atoms with Crippen molar-refractivity contribution in [3.8, 4) is 5.75 Å². The van der Waals surface area contributed by atoms with E-state index >= 15 is 0 Å². The van der Waals surface area contributed by atoms with Crippen LogP contribution in [0.2, 0.25) is 0 Å². The van der Waals surface area contributed by atoms with Crippen molar-refractivity contribution in [2.75, 3.05) is 13.7 Å². The maximum Gasteiger partial charge on any atom is 0.308 e. The molecule has 1 aromatic rings. The highest BCUT2D eigenvalue weighted by molar-refractivity contribution is 5.70. The number of aliphatic hydroxyl groups excluding tert-OH is 2. The average Bonchev–Trinajstić information content (AvgIpc) is 2.37. The van der Waals surface area contributed by atoms with Gasteiger partial charge >= 0.3 is 5.97 Å². The highest BCUT2D eigenvalue weighted by Gasteiger charge is 2.24. The largest absolute Gasteiger partial charge is 0.496 e. The molecule has 106 valence electrons. The van der Waals surface area contributed by atoms with E-state index in [1.165, 1.54) is 13.2 Å². The molecule has 19 heavy (non-hydrogen) atoms. The maximum absolute atomic E-state index is 13.0. The lowest BCUT2D eigenvalue weighted by Crippen LogP contribution is -2.23. The van der Waals surface area contributed by atoms with Crippen LogP contribution in [0.5, 0.6) is 5.75 Å². The Morgan fingerprint density at radius 3 is 2.68 bits per heavy atom. The van der Waals surface area contributed by atoms with Crippen molar-refractivity contribution in [3.05, 3.63) is 29.6 Å². The molecule has 1 rings (SSSR count). The number of benzene rings is 1. The van der Waals surface area contributed by atoms with E-state index in [0.717, 1.165) is 12.1 Å². The first kappa shape index (κ1) is 15.4. The van der Waals surface area contributed by atoms with Gasteiger partial charge in [-0.2, -0.15) is 0 Å². The van der Waals surface area contributed by atoms with Crippen LogP contribution in [0.3, 0.4) is 0 Å². The normalized spacial score (nSPS) is 13.7. The summed E-state index contributed by atoms with van der Waals surface area (Å²) in [6.45, 7) is 1.84. The first-order valence-corrected chi connectivity index (χ1v) is 5.84. The van der Waals surface area contributed by atoms with Crippen molar-refractivity contribution in [3.63, 3.8) is 0 Å². The molecule has 0 aromatic heterocycles. The van der Waals surface area contributed by atoms with Gasteiger partial charge < -0.3 is 19.7 Å². The van der Waals surface area contributed by atoms with E-state index in [0.29, 0.717) is 0 Å². The summed E-state index contributed by atoms with van der Waals surface area (Å²) in [7, 11) is 1.32. The molecule has 0 bridgehead atoms. The molecule has 2 N–H and O–H groups in total. The quantitative estimate of drug-likeness (QED) is 0.761. The molecule has 0 heterocycles. The van der Waals surface area contributed by atoms with Gasteiger partial charge in [-0.25, -0.2) is 4.39 Å². The maximum atomic E-state index is 13.0. The fourth-order valence-corrected chi connectivity index (χ4v) is 1.64. The molecule has 0 fully saturated rings. The minimum Gasteiger partial charge on any atom is -0.496 e. The van der Waals surface area contributed by atoms with Crippen LogP contribution in [-0.4, -0.2) is 36.0 Å². The van der Waals surface area contributed by atoms with Crippen LogP contribution in [0.25, 0.3) is 0 Å². The predicted molar refractivity (Wildman–Crippen MR) is 65.2 cm³/mol. The number of hydrogen-bond donors (Lipinski definition) is 2. The van der Waals surface area contributed by atoms with Gasteiger partial charge in [0.2, 0.25) is 0 Å². The molecule has 0 amide bonds. The van der Waals surface area contributed by atoms with E-state index in [1.54, 1.807) is 6.92 Å². The van der Waals surface area contributed by atoms with Crippen molar-refractivity contribution in [1.29, 1.82) is 0 Å². The second kappa shape index (κ2) is 7.06. The Kier molecular flexibility index (Phi) is 5.72. The Hall–Kier alpha value is -1.66. The zero-order valence-electron chi connectivity index (χ0n) is 10.8. The number of ether oxygens (including phenoxy) is 2. The SMILES string of the molecule is CCOC(=O)CC(O)C(O)c1ccc(F)cc1OC. The van der Waals surface area contributed by atoms with Crippen molar-refractivity contribution in [2.45, 2.75) is 25.6 Å². The Bertz CT molecular complexity index is 435. The zero-order valence-corrected chi connectivity index (χ0v) is 10.8. The molecule has 6 heteroatoms.